The van der Waals surface area contributed by atoms with Crippen molar-refractivity contribution in [2.75, 3.05) is 13.1 Å². The van der Waals surface area contributed by atoms with Gasteiger partial charge in [-0.25, -0.2) is 0 Å². The summed E-state index contributed by atoms with van der Waals surface area (Å²) in [7, 11) is 0. The maximum Gasteiger partial charge on any atom is 0.222 e. The molecule has 3 heterocycles. The van der Waals surface area contributed by atoms with E-state index in [1.54, 1.807) is 0 Å². The molecule has 2 atom stereocenters. The number of nitrogens with zero attached hydrogens (tertiary/aromatic N) is 1. The quantitative estimate of drug-likeness (QED) is 0.850. The van der Waals surface area contributed by atoms with Crippen LogP contribution < -0.4 is 5.32 Å². The van der Waals surface area contributed by atoms with E-state index in [0.29, 0.717) is 29.3 Å². The van der Waals surface area contributed by atoms with Crippen LogP contribution in [0.25, 0.3) is 0 Å². The highest BCUT2D eigenvalue weighted by atomic mass is 35.5. The number of hydrogen-bond acceptors (Lipinski definition) is 2. The van der Waals surface area contributed by atoms with Crippen molar-refractivity contribution in [3.8, 4) is 0 Å². The third-order valence-corrected chi connectivity index (χ3v) is 5.29. The number of likely N-dealkylation sites (tertiary alicyclic amines) is 1. The van der Waals surface area contributed by atoms with E-state index < -0.39 is 0 Å². The standard InChI is InChI=1S/C16H28N2O.ClH/c1-16(2)6-3-7-18(11-16)15(19)10-12-8-13-4-5-14(9-12)17-13;/h12-14,17H,3-11H2,1-2H3;1H. The monoisotopic (exact) mass is 300 g/mol. The molecule has 0 aromatic rings. The number of amides is 1. The van der Waals surface area contributed by atoms with E-state index in [0.717, 1.165) is 19.5 Å². The van der Waals surface area contributed by atoms with Crippen LogP contribution in [0.4, 0.5) is 0 Å². The molecule has 0 aromatic carbocycles. The maximum atomic E-state index is 12.5. The van der Waals surface area contributed by atoms with Gasteiger partial charge in [0.15, 0.2) is 0 Å². The molecule has 1 N–H and O–H groups in total. The van der Waals surface area contributed by atoms with Gasteiger partial charge < -0.3 is 10.2 Å². The Bertz CT molecular complexity index is 346. The van der Waals surface area contributed by atoms with Gasteiger partial charge in [0.1, 0.15) is 0 Å². The number of piperidine rings is 2. The lowest BCUT2D eigenvalue weighted by Gasteiger charge is -2.39. The van der Waals surface area contributed by atoms with E-state index in [1.165, 1.54) is 38.5 Å². The van der Waals surface area contributed by atoms with E-state index in [2.05, 4.69) is 24.1 Å². The first-order valence-corrected chi connectivity index (χ1v) is 8.06. The molecule has 3 fully saturated rings. The molecule has 4 heteroatoms. The van der Waals surface area contributed by atoms with Crippen LogP contribution in [-0.2, 0) is 4.79 Å². The predicted molar refractivity (Wildman–Crippen MR) is 84.1 cm³/mol. The zero-order valence-electron chi connectivity index (χ0n) is 12.9. The second-order valence-electron chi connectivity index (χ2n) is 7.76. The fourth-order valence-electron chi connectivity index (χ4n) is 4.35. The van der Waals surface area contributed by atoms with E-state index in [4.69, 9.17) is 0 Å². The summed E-state index contributed by atoms with van der Waals surface area (Å²) >= 11 is 0. The molecule has 1 amide bonds. The Kier molecular flexibility index (Phi) is 5.01. The second-order valence-corrected chi connectivity index (χ2v) is 7.76. The topological polar surface area (TPSA) is 32.3 Å². The van der Waals surface area contributed by atoms with Crippen molar-refractivity contribution in [1.29, 1.82) is 0 Å². The molecular formula is C16H29ClN2O. The van der Waals surface area contributed by atoms with Crippen molar-refractivity contribution < 1.29 is 4.79 Å². The SMILES string of the molecule is CC1(C)CCCN(C(=O)CC2CC3CCC(C2)N3)C1.Cl. The molecule has 20 heavy (non-hydrogen) atoms. The number of rotatable bonds is 2. The fourth-order valence-corrected chi connectivity index (χ4v) is 4.35. The van der Waals surface area contributed by atoms with Crippen LogP contribution in [-0.4, -0.2) is 36.0 Å². The largest absolute Gasteiger partial charge is 0.342 e. The number of nitrogens with one attached hydrogen (secondary N) is 1. The Morgan fingerprint density at radius 1 is 1.25 bits per heavy atom. The molecule has 3 rings (SSSR count). The van der Waals surface area contributed by atoms with Crippen LogP contribution in [0.1, 0.15) is 58.8 Å². The first-order chi connectivity index (χ1) is 9.02. The van der Waals surface area contributed by atoms with Gasteiger partial charge in [-0.15, -0.1) is 12.4 Å². The summed E-state index contributed by atoms with van der Waals surface area (Å²) in [5, 5.41) is 3.66. The van der Waals surface area contributed by atoms with E-state index in [1.807, 2.05) is 0 Å². The molecule has 3 saturated heterocycles. The number of halogens is 1. The zero-order chi connectivity index (χ0) is 13.5. The van der Waals surface area contributed by atoms with Crippen molar-refractivity contribution in [1.82, 2.24) is 10.2 Å². The minimum absolute atomic E-state index is 0. The van der Waals surface area contributed by atoms with Crippen molar-refractivity contribution in [2.45, 2.75) is 70.9 Å². The number of carbonyl (C=O) groups is 1. The Balaban J connectivity index is 0.00000147. The molecule has 0 radical (unpaired) electrons. The Morgan fingerprint density at radius 2 is 1.90 bits per heavy atom. The predicted octanol–water partition coefficient (Wildman–Crippen LogP) is 2.98. The molecule has 0 spiro atoms. The summed E-state index contributed by atoms with van der Waals surface area (Å²) < 4.78 is 0. The van der Waals surface area contributed by atoms with Gasteiger partial charge >= 0.3 is 0 Å². The molecular weight excluding hydrogens is 272 g/mol. The summed E-state index contributed by atoms with van der Waals surface area (Å²) in [6, 6.07) is 1.41. The highest BCUT2D eigenvalue weighted by molar-refractivity contribution is 5.85. The van der Waals surface area contributed by atoms with Crippen LogP contribution >= 0.6 is 12.4 Å². The Labute approximate surface area is 129 Å². The highest BCUT2D eigenvalue weighted by Crippen LogP contribution is 2.34. The first-order valence-electron chi connectivity index (χ1n) is 8.06. The molecule has 3 aliphatic heterocycles. The van der Waals surface area contributed by atoms with Gasteiger partial charge in [0.2, 0.25) is 5.91 Å². The summed E-state index contributed by atoms with van der Waals surface area (Å²) in [5.74, 6) is 1.05. The minimum Gasteiger partial charge on any atom is -0.342 e. The second kappa shape index (κ2) is 6.23. The fraction of sp³-hybridized carbons (Fsp3) is 0.938. The average molecular weight is 301 g/mol. The van der Waals surface area contributed by atoms with Crippen molar-refractivity contribution >= 4 is 18.3 Å². The maximum absolute atomic E-state index is 12.5. The van der Waals surface area contributed by atoms with Crippen LogP contribution in [0.15, 0.2) is 0 Å². The van der Waals surface area contributed by atoms with E-state index in [9.17, 15) is 4.79 Å². The molecule has 2 bridgehead atoms. The van der Waals surface area contributed by atoms with Crippen LogP contribution in [0.2, 0.25) is 0 Å². The smallest absolute Gasteiger partial charge is 0.222 e. The zero-order valence-corrected chi connectivity index (χ0v) is 13.7. The lowest BCUT2D eigenvalue weighted by atomic mass is 9.83. The molecule has 2 unspecified atom stereocenters. The summed E-state index contributed by atoms with van der Waals surface area (Å²) in [6.07, 6.45) is 8.33. The molecule has 0 aliphatic carbocycles. The van der Waals surface area contributed by atoms with Gasteiger partial charge in [0.25, 0.3) is 0 Å². The summed E-state index contributed by atoms with van der Waals surface area (Å²) in [6.45, 7) is 6.53. The van der Waals surface area contributed by atoms with E-state index in [-0.39, 0.29) is 12.4 Å². The minimum atomic E-state index is 0. The van der Waals surface area contributed by atoms with Crippen molar-refractivity contribution in [3.05, 3.63) is 0 Å². The third-order valence-electron chi connectivity index (χ3n) is 5.29. The molecule has 116 valence electrons. The van der Waals surface area contributed by atoms with Crippen LogP contribution in [0.3, 0.4) is 0 Å². The first kappa shape index (κ1) is 16.1. The summed E-state index contributed by atoms with van der Waals surface area (Å²) in [5.41, 5.74) is 0.320. The third kappa shape index (κ3) is 3.67. The average Bonchev–Trinajstić information content (AvgIpc) is 2.67. The van der Waals surface area contributed by atoms with E-state index >= 15 is 0 Å². The van der Waals surface area contributed by atoms with Gasteiger partial charge in [-0.05, 0) is 49.9 Å². The van der Waals surface area contributed by atoms with Crippen molar-refractivity contribution in [2.24, 2.45) is 11.3 Å². The lowest BCUT2D eigenvalue weighted by molar-refractivity contribution is -0.135. The Hall–Kier alpha value is -0.280. The molecule has 0 saturated carbocycles. The number of hydrogen-bond donors (Lipinski definition) is 1. The number of fused-ring (bicyclic) bond motifs is 2. The summed E-state index contributed by atoms with van der Waals surface area (Å²) in [4.78, 5) is 14.6. The molecule has 3 aliphatic rings. The normalized spacial score (nSPS) is 35.5. The van der Waals surface area contributed by atoms with Gasteiger partial charge in [0.05, 0.1) is 0 Å². The molecule has 0 aromatic heterocycles. The Morgan fingerprint density at radius 3 is 2.50 bits per heavy atom. The highest BCUT2D eigenvalue weighted by Gasteiger charge is 2.36. The molecule has 3 nitrogen and oxygen atoms in total. The van der Waals surface area contributed by atoms with Gasteiger partial charge in [-0.2, -0.15) is 0 Å². The lowest BCUT2D eigenvalue weighted by Crippen LogP contribution is -2.45. The van der Waals surface area contributed by atoms with Crippen LogP contribution in [0, 0.1) is 11.3 Å². The van der Waals surface area contributed by atoms with Crippen LogP contribution in [0.5, 0.6) is 0 Å². The van der Waals surface area contributed by atoms with Gasteiger partial charge in [0, 0.05) is 31.6 Å². The van der Waals surface area contributed by atoms with Gasteiger partial charge in [-0.1, -0.05) is 13.8 Å². The number of carbonyl (C=O) groups excluding carboxylic acids is 1. The van der Waals surface area contributed by atoms with Gasteiger partial charge in [-0.3, -0.25) is 4.79 Å². The van der Waals surface area contributed by atoms with Crippen molar-refractivity contribution in [3.63, 3.8) is 0 Å².